The van der Waals surface area contributed by atoms with E-state index in [9.17, 15) is 5.11 Å². The van der Waals surface area contributed by atoms with Crippen LogP contribution in [0.5, 0.6) is 5.75 Å². The van der Waals surface area contributed by atoms with E-state index in [0.717, 1.165) is 5.56 Å². The Labute approximate surface area is 77.4 Å². The molecule has 72 valence electrons. The molecule has 0 fully saturated rings. The Hall–Kier alpha value is -1.13. The first-order valence-corrected chi connectivity index (χ1v) is 4.07. The van der Waals surface area contributed by atoms with Gasteiger partial charge in [-0.05, 0) is 18.6 Å². The minimum absolute atomic E-state index is 0.414. The molecule has 0 spiro atoms. The van der Waals surface area contributed by atoms with Gasteiger partial charge in [0.05, 0.1) is 25.5 Å². The Bertz CT molecular complexity index is 276. The molecule has 3 N–H and O–H groups in total. The molecule has 4 nitrogen and oxygen atoms in total. The maximum Gasteiger partial charge on any atom is 0.137 e. The number of hydrogen-bond acceptors (Lipinski definition) is 4. The normalized spacial score (nSPS) is 15.1. The zero-order valence-corrected chi connectivity index (χ0v) is 7.77. The molecule has 1 aromatic heterocycles. The molecule has 1 heterocycles. The Morgan fingerprint density at radius 2 is 2.23 bits per heavy atom. The van der Waals surface area contributed by atoms with Gasteiger partial charge >= 0.3 is 0 Å². The highest BCUT2D eigenvalue weighted by molar-refractivity contribution is 5.26. The van der Waals surface area contributed by atoms with E-state index in [4.69, 9.17) is 10.5 Å². The first kappa shape index (κ1) is 9.95. The van der Waals surface area contributed by atoms with Crippen molar-refractivity contribution in [2.75, 3.05) is 7.11 Å². The van der Waals surface area contributed by atoms with Crippen LogP contribution in [-0.2, 0) is 0 Å². The summed E-state index contributed by atoms with van der Waals surface area (Å²) in [7, 11) is 1.56. The lowest BCUT2D eigenvalue weighted by molar-refractivity contribution is 0.164. The van der Waals surface area contributed by atoms with Crippen LogP contribution in [0, 0.1) is 0 Å². The largest absolute Gasteiger partial charge is 0.495 e. The lowest BCUT2D eigenvalue weighted by Crippen LogP contribution is -2.23. The van der Waals surface area contributed by atoms with Crippen molar-refractivity contribution < 1.29 is 9.84 Å². The monoisotopic (exact) mass is 182 g/mol. The van der Waals surface area contributed by atoms with E-state index in [1.807, 2.05) is 0 Å². The van der Waals surface area contributed by atoms with Crippen LogP contribution >= 0.6 is 0 Å². The van der Waals surface area contributed by atoms with Crippen LogP contribution in [0.4, 0.5) is 0 Å². The van der Waals surface area contributed by atoms with E-state index in [0.29, 0.717) is 5.75 Å². The van der Waals surface area contributed by atoms with Crippen molar-refractivity contribution in [1.82, 2.24) is 4.98 Å². The maximum absolute atomic E-state index is 9.24. The van der Waals surface area contributed by atoms with Crippen LogP contribution in [0.2, 0.25) is 0 Å². The standard InChI is InChI=1S/C9H14N2O2/c1-6(12)9(10)7-3-8(13-2)5-11-4-7/h3-6,9,12H,10H2,1-2H3/t6-,9-/m1/s1. The maximum atomic E-state index is 9.24. The number of aliphatic hydroxyl groups is 1. The van der Waals surface area contributed by atoms with Gasteiger partial charge in [0.2, 0.25) is 0 Å². The van der Waals surface area contributed by atoms with Crippen molar-refractivity contribution in [3.63, 3.8) is 0 Å². The van der Waals surface area contributed by atoms with Crippen molar-refractivity contribution in [3.8, 4) is 5.75 Å². The lowest BCUT2D eigenvalue weighted by Gasteiger charge is -2.14. The van der Waals surface area contributed by atoms with Gasteiger partial charge in [-0.25, -0.2) is 0 Å². The van der Waals surface area contributed by atoms with E-state index in [2.05, 4.69) is 4.98 Å². The molecule has 0 aliphatic heterocycles. The summed E-state index contributed by atoms with van der Waals surface area (Å²) >= 11 is 0. The van der Waals surface area contributed by atoms with Gasteiger partial charge in [0, 0.05) is 6.20 Å². The molecule has 0 saturated carbocycles. The smallest absolute Gasteiger partial charge is 0.137 e. The molecule has 13 heavy (non-hydrogen) atoms. The minimum atomic E-state index is -0.589. The zero-order valence-electron chi connectivity index (χ0n) is 7.77. The third-order valence-electron chi connectivity index (χ3n) is 1.87. The van der Waals surface area contributed by atoms with Gasteiger partial charge in [0.25, 0.3) is 0 Å². The fourth-order valence-electron chi connectivity index (χ4n) is 1.01. The first-order chi connectivity index (χ1) is 6.15. The van der Waals surface area contributed by atoms with Crippen LogP contribution in [0.1, 0.15) is 18.5 Å². The number of rotatable bonds is 3. The number of aromatic nitrogens is 1. The van der Waals surface area contributed by atoms with E-state index < -0.39 is 12.1 Å². The number of pyridine rings is 1. The van der Waals surface area contributed by atoms with Crippen LogP contribution in [0.15, 0.2) is 18.5 Å². The molecule has 1 rings (SSSR count). The average molecular weight is 182 g/mol. The van der Waals surface area contributed by atoms with Crippen molar-refractivity contribution in [2.24, 2.45) is 5.73 Å². The molecule has 0 radical (unpaired) electrons. The minimum Gasteiger partial charge on any atom is -0.495 e. The third-order valence-corrected chi connectivity index (χ3v) is 1.87. The first-order valence-electron chi connectivity index (χ1n) is 4.07. The summed E-state index contributed by atoms with van der Waals surface area (Å²) in [5, 5.41) is 9.24. The quantitative estimate of drug-likeness (QED) is 0.713. The number of nitrogens with zero attached hydrogens (tertiary/aromatic N) is 1. The summed E-state index contributed by atoms with van der Waals surface area (Å²) in [4.78, 5) is 3.94. The van der Waals surface area contributed by atoms with E-state index in [-0.39, 0.29) is 0 Å². The second-order valence-corrected chi connectivity index (χ2v) is 2.92. The van der Waals surface area contributed by atoms with Crippen molar-refractivity contribution in [3.05, 3.63) is 24.0 Å². The fraction of sp³-hybridized carbons (Fsp3) is 0.444. The average Bonchev–Trinajstić information content (AvgIpc) is 2.16. The number of methoxy groups -OCH3 is 1. The molecule has 2 atom stereocenters. The highest BCUT2D eigenvalue weighted by Crippen LogP contribution is 2.17. The summed E-state index contributed by atoms with van der Waals surface area (Å²) in [6, 6.07) is 1.35. The lowest BCUT2D eigenvalue weighted by atomic mass is 10.1. The molecule has 0 bridgehead atoms. The fourth-order valence-corrected chi connectivity index (χ4v) is 1.01. The molecule has 0 aromatic carbocycles. The predicted octanol–water partition coefficient (Wildman–Crippen LogP) is 0.471. The SMILES string of the molecule is COc1cncc([C@H](N)[C@@H](C)O)c1. The molecule has 0 aliphatic rings. The number of hydrogen-bond donors (Lipinski definition) is 2. The Kier molecular flexibility index (Phi) is 3.22. The number of aliphatic hydroxyl groups excluding tert-OH is 1. The topological polar surface area (TPSA) is 68.4 Å². The highest BCUT2D eigenvalue weighted by Gasteiger charge is 2.12. The second kappa shape index (κ2) is 4.20. The Morgan fingerprint density at radius 3 is 2.77 bits per heavy atom. The van der Waals surface area contributed by atoms with E-state index in [1.54, 1.807) is 32.5 Å². The molecular formula is C9H14N2O2. The van der Waals surface area contributed by atoms with Crippen molar-refractivity contribution in [1.29, 1.82) is 0 Å². The summed E-state index contributed by atoms with van der Waals surface area (Å²) in [6.07, 6.45) is 2.63. The van der Waals surface area contributed by atoms with E-state index >= 15 is 0 Å². The van der Waals surface area contributed by atoms with Crippen LogP contribution < -0.4 is 10.5 Å². The number of ether oxygens (including phenoxy) is 1. The van der Waals surface area contributed by atoms with Gasteiger partial charge < -0.3 is 15.6 Å². The Morgan fingerprint density at radius 1 is 1.54 bits per heavy atom. The van der Waals surface area contributed by atoms with Gasteiger partial charge in [0.1, 0.15) is 5.75 Å². The summed E-state index contributed by atoms with van der Waals surface area (Å²) in [5.41, 5.74) is 6.49. The zero-order chi connectivity index (χ0) is 9.84. The van der Waals surface area contributed by atoms with Gasteiger partial charge in [-0.15, -0.1) is 0 Å². The molecule has 0 unspecified atom stereocenters. The van der Waals surface area contributed by atoms with Crippen LogP contribution in [0.25, 0.3) is 0 Å². The molecule has 0 amide bonds. The summed E-state index contributed by atoms with van der Waals surface area (Å²) in [5.74, 6) is 0.647. The summed E-state index contributed by atoms with van der Waals surface area (Å²) in [6.45, 7) is 1.64. The summed E-state index contributed by atoms with van der Waals surface area (Å²) < 4.78 is 4.99. The van der Waals surface area contributed by atoms with Crippen LogP contribution in [-0.4, -0.2) is 23.3 Å². The van der Waals surface area contributed by atoms with Crippen LogP contribution in [0.3, 0.4) is 0 Å². The Balaban J connectivity index is 2.88. The molecular weight excluding hydrogens is 168 g/mol. The molecule has 1 aromatic rings. The van der Waals surface area contributed by atoms with Gasteiger partial charge in [0.15, 0.2) is 0 Å². The van der Waals surface area contributed by atoms with Crippen molar-refractivity contribution in [2.45, 2.75) is 19.1 Å². The predicted molar refractivity (Wildman–Crippen MR) is 49.4 cm³/mol. The molecule has 4 heteroatoms. The highest BCUT2D eigenvalue weighted by atomic mass is 16.5. The van der Waals surface area contributed by atoms with Gasteiger partial charge in [-0.2, -0.15) is 0 Å². The molecule has 0 saturated heterocycles. The van der Waals surface area contributed by atoms with Gasteiger partial charge in [-0.1, -0.05) is 0 Å². The van der Waals surface area contributed by atoms with Gasteiger partial charge in [-0.3, -0.25) is 4.98 Å². The van der Waals surface area contributed by atoms with E-state index in [1.165, 1.54) is 0 Å². The third kappa shape index (κ3) is 2.40. The molecule has 0 aliphatic carbocycles. The number of nitrogens with two attached hydrogens (primary N) is 1. The second-order valence-electron chi connectivity index (χ2n) is 2.92. The van der Waals surface area contributed by atoms with Crippen molar-refractivity contribution >= 4 is 0 Å².